The van der Waals surface area contributed by atoms with Crippen LogP contribution in [-0.4, -0.2) is 14.2 Å². The van der Waals surface area contributed by atoms with Crippen molar-refractivity contribution in [1.82, 2.24) is 0 Å². The van der Waals surface area contributed by atoms with Gasteiger partial charge in [-0.1, -0.05) is 12.1 Å². The quantitative estimate of drug-likeness (QED) is 0.730. The van der Waals surface area contributed by atoms with Gasteiger partial charge < -0.3 is 9.47 Å². The zero-order valence-electron chi connectivity index (χ0n) is 8.41. The summed E-state index contributed by atoms with van der Waals surface area (Å²) in [6.45, 7) is 0.524. The normalized spacial score (nSPS) is 9.50. The third-order valence-electron chi connectivity index (χ3n) is 1.93. The summed E-state index contributed by atoms with van der Waals surface area (Å²) in [6.07, 6.45) is 0.406. The molecule has 74 valence electrons. The fraction of sp³-hybridized carbons (Fsp3) is 0.364. The molecule has 0 saturated heterocycles. The van der Waals surface area contributed by atoms with Crippen LogP contribution in [0.3, 0.4) is 0 Å². The number of hydrogen-bond donors (Lipinski definition) is 0. The first kappa shape index (κ1) is 10.6. The maximum atomic E-state index is 8.54. The summed E-state index contributed by atoms with van der Waals surface area (Å²) in [4.78, 5) is 0. The summed E-state index contributed by atoms with van der Waals surface area (Å²) in [5.41, 5.74) is 1.96. The molecule has 0 saturated carbocycles. The lowest BCUT2D eigenvalue weighted by Gasteiger charge is -2.08. The van der Waals surface area contributed by atoms with E-state index in [2.05, 4.69) is 6.07 Å². The standard InChI is InChI=1S/C11H13NO2/c1-13-8-10-4-3-9(5-6-12)7-11(10)14-2/h3-4,7H,5,8H2,1-2H3. The van der Waals surface area contributed by atoms with Gasteiger partial charge >= 0.3 is 0 Å². The lowest BCUT2D eigenvalue weighted by atomic mass is 10.1. The average molecular weight is 191 g/mol. The molecule has 14 heavy (non-hydrogen) atoms. The van der Waals surface area contributed by atoms with Gasteiger partial charge in [0, 0.05) is 12.7 Å². The van der Waals surface area contributed by atoms with Crippen molar-refractivity contribution in [3.05, 3.63) is 29.3 Å². The van der Waals surface area contributed by atoms with Gasteiger partial charge in [0.2, 0.25) is 0 Å². The van der Waals surface area contributed by atoms with Crippen LogP contribution in [0.4, 0.5) is 0 Å². The van der Waals surface area contributed by atoms with Gasteiger partial charge in [-0.15, -0.1) is 0 Å². The fourth-order valence-electron chi connectivity index (χ4n) is 1.26. The molecule has 1 aromatic rings. The van der Waals surface area contributed by atoms with E-state index in [1.807, 2.05) is 18.2 Å². The van der Waals surface area contributed by atoms with E-state index in [9.17, 15) is 0 Å². The van der Waals surface area contributed by atoms with Crippen molar-refractivity contribution < 1.29 is 9.47 Å². The predicted octanol–water partition coefficient (Wildman–Crippen LogP) is 1.91. The van der Waals surface area contributed by atoms with E-state index in [1.54, 1.807) is 14.2 Å². The SMILES string of the molecule is COCc1ccc(CC#N)cc1OC. The van der Waals surface area contributed by atoms with Gasteiger partial charge in [0.15, 0.2) is 0 Å². The Hall–Kier alpha value is -1.53. The van der Waals surface area contributed by atoms with Crippen LogP contribution in [0.25, 0.3) is 0 Å². The Morgan fingerprint density at radius 3 is 2.71 bits per heavy atom. The lowest BCUT2D eigenvalue weighted by molar-refractivity contribution is 0.181. The van der Waals surface area contributed by atoms with E-state index in [0.29, 0.717) is 13.0 Å². The second-order valence-electron chi connectivity index (χ2n) is 2.91. The highest BCUT2D eigenvalue weighted by Gasteiger charge is 2.03. The van der Waals surface area contributed by atoms with Crippen LogP contribution in [0.15, 0.2) is 18.2 Å². The second-order valence-corrected chi connectivity index (χ2v) is 2.91. The van der Waals surface area contributed by atoms with Crippen LogP contribution < -0.4 is 4.74 Å². The molecule has 0 spiro atoms. The van der Waals surface area contributed by atoms with Gasteiger partial charge in [0.1, 0.15) is 5.75 Å². The molecule has 3 nitrogen and oxygen atoms in total. The number of benzene rings is 1. The molecule has 0 amide bonds. The molecule has 0 fully saturated rings. The Kier molecular flexibility index (Phi) is 3.96. The van der Waals surface area contributed by atoms with Crippen molar-refractivity contribution in [3.8, 4) is 11.8 Å². The maximum absolute atomic E-state index is 8.54. The third-order valence-corrected chi connectivity index (χ3v) is 1.93. The molecule has 0 atom stereocenters. The number of nitrogens with zero attached hydrogens (tertiary/aromatic N) is 1. The Labute approximate surface area is 83.9 Å². The first-order valence-corrected chi connectivity index (χ1v) is 4.33. The molecule has 0 bridgehead atoms. The number of hydrogen-bond acceptors (Lipinski definition) is 3. The van der Waals surface area contributed by atoms with Crippen molar-refractivity contribution in [2.75, 3.05) is 14.2 Å². The minimum atomic E-state index is 0.406. The van der Waals surface area contributed by atoms with Crippen LogP contribution in [0.2, 0.25) is 0 Å². The van der Waals surface area contributed by atoms with E-state index in [0.717, 1.165) is 16.9 Å². The third kappa shape index (κ3) is 2.48. The molecule has 0 aliphatic rings. The monoisotopic (exact) mass is 191 g/mol. The summed E-state index contributed by atoms with van der Waals surface area (Å²) in [5.74, 6) is 0.777. The highest BCUT2D eigenvalue weighted by atomic mass is 16.5. The van der Waals surface area contributed by atoms with Crippen LogP contribution in [0, 0.1) is 11.3 Å². The number of methoxy groups -OCH3 is 2. The molecule has 0 aliphatic carbocycles. The van der Waals surface area contributed by atoms with Gasteiger partial charge in [-0.25, -0.2) is 0 Å². The summed E-state index contributed by atoms with van der Waals surface area (Å²) in [5, 5.41) is 8.54. The van der Waals surface area contributed by atoms with E-state index in [4.69, 9.17) is 14.7 Å². The molecular formula is C11H13NO2. The van der Waals surface area contributed by atoms with Crippen molar-refractivity contribution in [2.45, 2.75) is 13.0 Å². The molecule has 0 aliphatic heterocycles. The molecule has 1 aromatic carbocycles. The minimum Gasteiger partial charge on any atom is -0.496 e. The van der Waals surface area contributed by atoms with Gasteiger partial charge in [-0.2, -0.15) is 5.26 Å². The summed E-state index contributed by atoms with van der Waals surface area (Å²) in [7, 11) is 3.26. The van der Waals surface area contributed by atoms with Crippen LogP contribution in [0.1, 0.15) is 11.1 Å². The number of ether oxygens (including phenoxy) is 2. The summed E-state index contributed by atoms with van der Waals surface area (Å²) in [6, 6.07) is 7.81. The van der Waals surface area contributed by atoms with Crippen molar-refractivity contribution in [2.24, 2.45) is 0 Å². The average Bonchev–Trinajstić information content (AvgIpc) is 2.21. The van der Waals surface area contributed by atoms with Crippen LogP contribution in [0.5, 0.6) is 5.75 Å². The second kappa shape index (κ2) is 5.25. The minimum absolute atomic E-state index is 0.406. The number of rotatable bonds is 4. The van der Waals surface area contributed by atoms with Crippen molar-refractivity contribution in [3.63, 3.8) is 0 Å². The largest absolute Gasteiger partial charge is 0.496 e. The summed E-state index contributed by atoms with van der Waals surface area (Å²) >= 11 is 0. The zero-order valence-corrected chi connectivity index (χ0v) is 8.41. The Balaban J connectivity index is 2.94. The molecule has 1 rings (SSSR count). The van der Waals surface area contributed by atoms with Crippen LogP contribution in [-0.2, 0) is 17.8 Å². The van der Waals surface area contributed by atoms with E-state index < -0.39 is 0 Å². The highest BCUT2D eigenvalue weighted by molar-refractivity contribution is 5.38. The van der Waals surface area contributed by atoms with Crippen molar-refractivity contribution in [1.29, 1.82) is 5.26 Å². The Bertz CT molecular complexity index is 342. The molecular weight excluding hydrogens is 178 g/mol. The van der Waals surface area contributed by atoms with Crippen molar-refractivity contribution >= 4 is 0 Å². The molecule has 0 aromatic heterocycles. The molecule has 0 N–H and O–H groups in total. The smallest absolute Gasteiger partial charge is 0.124 e. The van der Waals surface area contributed by atoms with E-state index >= 15 is 0 Å². The van der Waals surface area contributed by atoms with E-state index in [1.165, 1.54) is 0 Å². The zero-order chi connectivity index (χ0) is 10.4. The Morgan fingerprint density at radius 1 is 1.36 bits per heavy atom. The van der Waals surface area contributed by atoms with Gasteiger partial charge in [0.25, 0.3) is 0 Å². The summed E-state index contributed by atoms with van der Waals surface area (Å²) < 4.78 is 10.2. The molecule has 3 heteroatoms. The molecule has 0 unspecified atom stereocenters. The van der Waals surface area contributed by atoms with Gasteiger partial charge in [-0.3, -0.25) is 0 Å². The Morgan fingerprint density at radius 2 is 2.14 bits per heavy atom. The van der Waals surface area contributed by atoms with Gasteiger partial charge in [-0.05, 0) is 11.6 Å². The maximum Gasteiger partial charge on any atom is 0.124 e. The predicted molar refractivity (Wildman–Crippen MR) is 53.0 cm³/mol. The first-order valence-electron chi connectivity index (χ1n) is 4.33. The molecule has 0 heterocycles. The molecule has 0 radical (unpaired) electrons. The highest BCUT2D eigenvalue weighted by Crippen LogP contribution is 2.21. The lowest BCUT2D eigenvalue weighted by Crippen LogP contribution is -1.95. The van der Waals surface area contributed by atoms with Gasteiger partial charge in [0.05, 0.1) is 26.2 Å². The topological polar surface area (TPSA) is 42.2 Å². The number of nitriles is 1. The fourth-order valence-corrected chi connectivity index (χ4v) is 1.26. The van der Waals surface area contributed by atoms with E-state index in [-0.39, 0.29) is 0 Å². The van der Waals surface area contributed by atoms with Crippen LogP contribution >= 0.6 is 0 Å². The first-order chi connectivity index (χ1) is 6.81.